The molecule has 0 aromatic heterocycles. The van der Waals surface area contributed by atoms with Crippen LogP contribution in [0, 0.1) is 0 Å². The van der Waals surface area contributed by atoms with Crippen LogP contribution in [0.4, 0.5) is 0 Å². The van der Waals surface area contributed by atoms with Gasteiger partial charge in [-0.2, -0.15) is 0 Å². The Balaban J connectivity index is 3.05. The number of aliphatic hydroxyl groups is 4. The minimum atomic E-state index is -2.67. The van der Waals surface area contributed by atoms with Gasteiger partial charge in [0.05, 0.1) is 7.47 Å². The van der Waals surface area contributed by atoms with E-state index in [0.717, 1.165) is 0 Å². The Morgan fingerprint density at radius 2 is 2.14 bits per heavy atom. The maximum Gasteiger partial charge on any atom is 0.187 e. The van der Waals surface area contributed by atoms with Crippen molar-refractivity contribution in [3.05, 3.63) is 12.7 Å². The smallest absolute Gasteiger partial charge is 0.187 e. The average Bonchev–Trinajstić information content (AvgIpc) is 2.13. The van der Waals surface area contributed by atoms with Crippen LogP contribution in [0.1, 0.15) is 14.7 Å². The molecule has 0 bridgehead atoms. The summed E-state index contributed by atoms with van der Waals surface area (Å²) in [5.41, 5.74) is -2.28. The standard InChI is InChI=1S/C9H16O5/c1-3-4-9(13)7(11)6(10)5(2)14-8(9)12/h3,5-8,10-13H,1,4H2,2H3/t5-,6-,7+,8+,9+/m0/s1/i8D. The molecule has 0 spiro atoms. The summed E-state index contributed by atoms with van der Waals surface area (Å²) >= 11 is 0. The van der Waals surface area contributed by atoms with Crippen molar-refractivity contribution < 1.29 is 26.5 Å². The molecule has 0 unspecified atom stereocenters. The molecule has 0 aromatic carbocycles. The molecule has 1 rings (SSSR count). The normalized spacial score (nSPS) is 55.2. The maximum absolute atomic E-state index is 9.91. The van der Waals surface area contributed by atoms with Crippen LogP contribution in [0.3, 0.4) is 0 Å². The molecule has 82 valence electrons. The van der Waals surface area contributed by atoms with Crippen LogP contribution in [0.15, 0.2) is 12.7 Å². The zero-order chi connectivity index (χ0) is 11.9. The Kier molecular flexibility index (Phi) is 2.85. The fourth-order valence-electron chi connectivity index (χ4n) is 1.44. The molecule has 0 aromatic rings. The summed E-state index contributed by atoms with van der Waals surface area (Å²) in [5, 5.41) is 38.6. The van der Waals surface area contributed by atoms with Gasteiger partial charge in [0.25, 0.3) is 0 Å². The highest BCUT2D eigenvalue weighted by Crippen LogP contribution is 2.31. The number of rotatable bonds is 2. The van der Waals surface area contributed by atoms with Crippen molar-refractivity contribution in [2.75, 3.05) is 0 Å². The van der Waals surface area contributed by atoms with E-state index in [-0.39, 0.29) is 6.42 Å². The summed E-state index contributed by atoms with van der Waals surface area (Å²) in [6, 6.07) is 0. The van der Waals surface area contributed by atoms with Gasteiger partial charge in [-0.3, -0.25) is 0 Å². The number of hydrogen-bond donors (Lipinski definition) is 4. The number of hydrogen-bond acceptors (Lipinski definition) is 5. The molecule has 0 radical (unpaired) electrons. The van der Waals surface area contributed by atoms with Crippen LogP contribution in [0.25, 0.3) is 0 Å². The molecule has 5 nitrogen and oxygen atoms in total. The van der Waals surface area contributed by atoms with Gasteiger partial charge in [-0.05, 0) is 6.92 Å². The van der Waals surface area contributed by atoms with Crippen LogP contribution < -0.4 is 0 Å². The van der Waals surface area contributed by atoms with Crippen molar-refractivity contribution in [3.8, 4) is 0 Å². The van der Waals surface area contributed by atoms with Gasteiger partial charge in [0.1, 0.15) is 17.8 Å². The van der Waals surface area contributed by atoms with Crippen molar-refractivity contribution in [1.82, 2.24) is 0 Å². The molecule has 0 saturated carbocycles. The summed E-state index contributed by atoms with van der Waals surface area (Å²) < 4.78 is 12.1. The van der Waals surface area contributed by atoms with Gasteiger partial charge >= 0.3 is 0 Å². The second-order valence-corrected chi connectivity index (χ2v) is 3.48. The molecular formula is C9H16O5. The van der Waals surface area contributed by atoms with Crippen LogP contribution in [0.5, 0.6) is 0 Å². The quantitative estimate of drug-likeness (QED) is 0.423. The third kappa shape index (κ3) is 1.69. The third-order valence-corrected chi connectivity index (χ3v) is 2.42. The Morgan fingerprint density at radius 1 is 1.57 bits per heavy atom. The van der Waals surface area contributed by atoms with E-state index in [9.17, 15) is 20.4 Å². The van der Waals surface area contributed by atoms with Gasteiger partial charge in [-0.1, -0.05) is 6.08 Å². The molecule has 1 aliphatic rings. The first kappa shape index (κ1) is 10.1. The van der Waals surface area contributed by atoms with E-state index in [0.29, 0.717) is 0 Å². The Hall–Kier alpha value is -0.460. The molecule has 1 aliphatic heterocycles. The van der Waals surface area contributed by atoms with E-state index in [1.54, 1.807) is 0 Å². The second kappa shape index (κ2) is 3.96. The van der Waals surface area contributed by atoms with E-state index in [4.69, 9.17) is 6.11 Å². The van der Waals surface area contributed by atoms with Crippen molar-refractivity contribution in [3.63, 3.8) is 0 Å². The van der Waals surface area contributed by atoms with Gasteiger partial charge in [-0.15, -0.1) is 6.58 Å². The SMILES string of the molecule is [2H][C@@]1(O)O[C@@H](C)[C@H](O)[C@@H](O)[C@]1(O)CC=C. The highest BCUT2D eigenvalue weighted by Gasteiger charge is 2.52. The van der Waals surface area contributed by atoms with Gasteiger partial charge in [0.15, 0.2) is 6.27 Å². The predicted octanol–water partition coefficient (Wildman–Crippen LogP) is -1.25. The van der Waals surface area contributed by atoms with Crippen LogP contribution in [-0.2, 0) is 4.74 Å². The lowest BCUT2D eigenvalue weighted by atomic mass is 9.84. The summed E-state index contributed by atoms with van der Waals surface area (Å²) in [7, 11) is 0. The minimum Gasteiger partial charge on any atom is -0.388 e. The number of aliphatic hydroxyl groups excluding tert-OH is 2. The Labute approximate surface area is 83.7 Å². The molecule has 14 heavy (non-hydrogen) atoms. The fourth-order valence-corrected chi connectivity index (χ4v) is 1.44. The summed E-state index contributed by atoms with van der Waals surface area (Å²) in [6.07, 6.45) is -5.67. The lowest BCUT2D eigenvalue weighted by Gasteiger charge is -2.45. The molecule has 5 atom stereocenters. The van der Waals surface area contributed by atoms with Crippen LogP contribution in [-0.4, -0.2) is 50.6 Å². The molecule has 1 fully saturated rings. The second-order valence-electron chi connectivity index (χ2n) is 3.48. The first-order valence-corrected chi connectivity index (χ1v) is 4.36. The predicted molar refractivity (Wildman–Crippen MR) is 48.3 cm³/mol. The third-order valence-electron chi connectivity index (χ3n) is 2.42. The number of ether oxygens (including phenoxy) is 1. The van der Waals surface area contributed by atoms with E-state index in [2.05, 4.69) is 6.58 Å². The zero-order valence-electron chi connectivity index (χ0n) is 8.92. The molecule has 4 N–H and O–H groups in total. The van der Waals surface area contributed by atoms with Crippen molar-refractivity contribution in [2.24, 2.45) is 0 Å². The summed E-state index contributed by atoms with van der Waals surface area (Å²) in [5.74, 6) is 0. The highest BCUT2D eigenvalue weighted by molar-refractivity contribution is 5.02. The summed E-state index contributed by atoms with van der Waals surface area (Å²) in [4.78, 5) is 0. The molecular weight excluding hydrogens is 188 g/mol. The monoisotopic (exact) mass is 205 g/mol. The Morgan fingerprint density at radius 3 is 2.64 bits per heavy atom. The van der Waals surface area contributed by atoms with Crippen molar-refractivity contribution in [1.29, 1.82) is 0 Å². The first-order valence-electron chi connectivity index (χ1n) is 4.86. The van der Waals surface area contributed by atoms with E-state index >= 15 is 0 Å². The lowest BCUT2D eigenvalue weighted by Crippen LogP contribution is -2.65. The maximum atomic E-state index is 9.91. The molecule has 0 aliphatic carbocycles. The Bertz CT molecular complexity index is 257. The van der Waals surface area contributed by atoms with Gasteiger partial charge in [-0.25, -0.2) is 0 Å². The van der Waals surface area contributed by atoms with E-state index < -0.39 is 30.2 Å². The van der Waals surface area contributed by atoms with Crippen molar-refractivity contribution in [2.45, 2.75) is 43.5 Å². The van der Waals surface area contributed by atoms with Crippen LogP contribution in [0.2, 0.25) is 0 Å². The fraction of sp³-hybridized carbons (Fsp3) is 0.778. The van der Waals surface area contributed by atoms with Gasteiger partial charge in [0, 0.05) is 6.42 Å². The summed E-state index contributed by atoms with van der Waals surface area (Å²) in [6.45, 7) is 4.73. The average molecular weight is 205 g/mol. The largest absolute Gasteiger partial charge is 0.388 e. The molecule has 1 heterocycles. The minimum absolute atomic E-state index is 0.266. The highest BCUT2D eigenvalue weighted by atomic mass is 16.6. The van der Waals surface area contributed by atoms with Crippen LogP contribution >= 0.6 is 0 Å². The molecule has 1 saturated heterocycles. The first-order chi connectivity index (χ1) is 6.76. The topological polar surface area (TPSA) is 90.2 Å². The van der Waals surface area contributed by atoms with Gasteiger partial charge in [0.2, 0.25) is 0 Å². The molecule has 5 heteroatoms. The van der Waals surface area contributed by atoms with Gasteiger partial charge < -0.3 is 25.2 Å². The zero-order valence-corrected chi connectivity index (χ0v) is 7.92. The van der Waals surface area contributed by atoms with Crippen molar-refractivity contribution >= 4 is 0 Å². The lowest BCUT2D eigenvalue weighted by molar-refractivity contribution is -0.321. The van der Waals surface area contributed by atoms with E-state index in [1.807, 2.05) is 0 Å². The van der Waals surface area contributed by atoms with E-state index in [1.165, 1.54) is 13.0 Å². The molecule has 0 amide bonds.